The van der Waals surface area contributed by atoms with Crippen molar-refractivity contribution in [3.63, 3.8) is 0 Å². The number of nitrogens with zero attached hydrogens (tertiary/aromatic N) is 1. The van der Waals surface area contributed by atoms with E-state index >= 15 is 0 Å². The van der Waals surface area contributed by atoms with Crippen LogP contribution in [0.15, 0.2) is 42.7 Å². The van der Waals surface area contributed by atoms with Crippen LogP contribution < -0.4 is 5.32 Å². The van der Waals surface area contributed by atoms with Crippen LogP contribution in [0.3, 0.4) is 0 Å². The molecular weight excluding hydrogens is 228 g/mol. The summed E-state index contributed by atoms with van der Waals surface area (Å²) in [6, 6.07) is 10.00. The molecule has 0 saturated carbocycles. The van der Waals surface area contributed by atoms with Gasteiger partial charge in [0.05, 0.1) is 11.8 Å². The van der Waals surface area contributed by atoms with Gasteiger partial charge in [-0.15, -0.1) is 0 Å². The van der Waals surface area contributed by atoms with Crippen molar-refractivity contribution in [2.24, 2.45) is 0 Å². The monoisotopic (exact) mass is 246 g/mol. The number of piperazine rings is 1. The number of carbonyl (C=O) groups is 1. The summed E-state index contributed by atoms with van der Waals surface area (Å²) >= 11 is 0. The van der Waals surface area contributed by atoms with E-state index in [4.69, 9.17) is 4.74 Å². The molecule has 0 aromatic heterocycles. The minimum Gasteiger partial charge on any atom is -0.416 e. The minimum atomic E-state index is -0.321. The fourth-order valence-corrected chi connectivity index (χ4v) is 2.10. The van der Waals surface area contributed by atoms with E-state index in [1.807, 2.05) is 30.3 Å². The predicted molar refractivity (Wildman–Crippen MR) is 70.1 cm³/mol. The molecule has 1 fully saturated rings. The van der Waals surface area contributed by atoms with Gasteiger partial charge in [-0.1, -0.05) is 36.9 Å². The zero-order valence-electron chi connectivity index (χ0n) is 10.6. The van der Waals surface area contributed by atoms with Crippen molar-refractivity contribution in [1.82, 2.24) is 10.2 Å². The van der Waals surface area contributed by atoms with Crippen LogP contribution in [-0.2, 0) is 4.74 Å². The average Bonchev–Trinajstić information content (AvgIpc) is 2.39. The van der Waals surface area contributed by atoms with Gasteiger partial charge in [-0.2, -0.15) is 0 Å². The second-order valence-electron chi connectivity index (χ2n) is 4.39. The highest BCUT2D eigenvalue weighted by molar-refractivity contribution is 5.69. The van der Waals surface area contributed by atoms with Crippen molar-refractivity contribution in [3.8, 4) is 0 Å². The number of hydrogen-bond donors (Lipinski definition) is 1. The summed E-state index contributed by atoms with van der Waals surface area (Å²) in [7, 11) is 0. The predicted octanol–water partition coefficient (Wildman–Crippen LogP) is 2.30. The maximum absolute atomic E-state index is 12.0. The molecule has 1 unspecified atom stereocenters. The Balaban J connectivity index is 2.16. The number of benzene rings is 1. The summed E-state index contributed by atoms with van der Waals surface area (Å²) < 4.78 is 5.11. The Labute approximate surface area is 107 Å². The van der Waals surface area contributed by atoms with Crippen LogP contribution in [0.25, 0.3) is 0 Å². The first-order valence-corrected chi connectivity index (χ1v) is 6.08. The summed E-state index contributed by atoms with van der Waals surface area (Å²) in [5.74, 6) is 0.422. The van der Waals surface area contributed by atoms with Crippen LogP contribution in [0.1, 0.15) is 18.5 Å². The molecule has 4 heteroatoms. The summed E-state index contributed by atoms with van der Waals surface area (Å²) in [5.41, 5.74) is 1.11. The van der Waals surface area contributed by atoms with E-state index in [2.05, 4.69) is 11.9 Å². The Bertz CT molecular complexity index is 431. The highest BCUT2D eigenvalue weighted by Gasteiger charge is 2.28. The molecule has 1 aliphatic heterocycles. The molecule has 4 nitrogen and oxygen atoms in total. The largest absolute Gasteiger partial charge is 0.416 e. The van der Waals surface area contributed by atoms with Crippen LogP contribution in [0.5, 0.6) is 0 Å². The van der Waals surface area contributed by atoms with Crippen LogP contribution in [0.2, 0.25) is 0 Å². The molecule has 1 atom stereocenters. The van der Waals surface area contributed by atoms with Gasteiger partial charge in [0.15, 0.2) is 0 Å². The molecule has 1 saturated heterocycles. The third-order valence-corrected chi connectivity index (χ3v) is 2.92. The lowest BCUT2D eigenvalue weighted by atomic mass is 10.0. The maximum atomic E-state index is 12.0. The molecule has 1 heterocycles. The Kier molecular flexibility index (Phi) is 3.99. The summed E-state index contributed by atoms with van der Waals surface area (Å²) in [4.78, 5) is 13.8. The van der Waals surface area contributed by atoms with Gasteiger partial charge in [0.2, 0.25) is 0 Å². The lowest BCUT2D eigenvalue weighted by molar-refractivity contribution is 0.0991. The number of carbonyl (C=O) groups excluding carboxylic acids is 1. The molecule has 1 aromatic rings. The van der Waals surface area contributed by atoms with Crippen molar-refractivity contribution >= 4 is 6.09 Å². The van der Waals surface area contributed by atoms with Gasteiger partial charge in [-0.05, 0) is 12.5 Å². The van der Waals surface area contributed by atoms with Gasteiger partial charge in [0, 0.05) is 19.6 Å². The quantitative estimate of drug-likeness (QED) is 0.814. The molecule has 1 amide bonds. The van der Waals surface area contributed by atoms with E-state index in [0.29, 0.717) is 12.3 Å². The number of rotatable bonds is 2. The van der Waals surface area contributed by atoms with Crippen molar-refractivity contribution in [2.75, 3.05) is 19.6 Å². The first kappa shape index (κ1) is 12.6. The zero-order chi connectivity index (χ0) is 13.0. The lowest BCUT2D eigenvalue weighted by Gasteiger charge is -2.35. The number of hydrogen-bond acceptors (Lipinski definition) is 3. The fraction of sp³-hybridized carbons (Fsp3) is 0.357. The smallest absolute Gasteiger partial charge is 0.415 e. The molecule has 0 spiro atoms. The molecule has 96 valence electrons. The van der Waals surface area contributed by atoms with Gasteiger partial charge < -0.3 is 10.1 Å². The number of ether oxygens (including phenoxy) is 1. The van der Waals surface area contributed by atoms with E-state index in [1.165, 1.54) is 0 Å². The highest BCUT2D eigenvalue weighted by atomic mass is 16.6. The molecule has 0 bridgehead atoms. The topological polar surface area (TPSA) is 41.6 Å². The van der Waals surface area contributed by atoms with Gasteiger partial charge in [-0.25, -0.2) is 4.79 Å². The van der Waals surface area contributed by atoms with E-state index in [0.717, 1.165) is 18.7 Å². The van der Waals surface area contributed by atoms with E-state index < -0.39 is 0 Å². The van der Waals surface area contributed by atoms with E-state index in [9.17, 15) is 4.79 Å². The van der Waals surface area contributed by atoms with E-state index in [1.54, 1.807) is 11.8 Å². The standard InChI is InChI=1S/C14H18N2O2/c1-11(2)18-14(17)16-9-8-15-10-13(16)12-6-4-3-5-7-12/h3-7,13,15H,1,8-10H2,2H3. The first-order chi connectivity index (χ1) is 8.68. The molecule has 2 rings (SSSR count). The van der Waals surface area contributed by atoms with E-state index in [-0.39, 0.29) is 12.1 Å². The van der Waals surface area contributed by atoms with Crippen molar-refractivity contribution in [1.29, 1.82) is 0 Å². The van der Waals surface area contributed by atoms with Crippen LogP contribution in [-0.4, -0.2) is 30.6 Å². The summed E-state index contributed by atoms with van der Waals surface area (Å²) in [6.07, 6.45) is -0.321. The number of allylic oxidation sites excluding steroid dienone is 1. The molecule has 0 aliphatic carbocycles. The summed E-state index contributed by atoms with van der Waals surface area (Å²) in [5, 5.41) is 3.30. The molecule has 1 N–H and O–H groups in total. The van der Waals surface area contributed by atoms with Gasteiger partial charge in [0.1, 0.15) is 0 Å². The van der Waals surface area contributed by atoms with Crippen molar-refractivity contribution in [3.05, 3.63) is 48.2 Å². The number of amides is 1. The van der Waals surface area contributed by atoms with Crippen LogP contribution in [0, 0.1) is 0 Å². The molecule has 1 aliphatic rings. The van der Waals surface area contributed by atoms with Crippen LogP contribution >= 0.6 is 0 Å². The molecule has 1 aromatic carbocycles. The Morgan fingerprint density at radius 1 is 1.44 bits per heavy atom. The Hall–Kier alpha value is -1.81. The third kappa shape index (κ3) is 2.90. The summed E-state index contributed by atoms with van der Waals surface area (Å²) in [6.45, 7) is 7.46. The fourth-order valence-electron chi connectivity index (χ4n) is 2.10. The normalized spacial score (nSPS) is 19.4. The second-order valence-corrected chi connectivity index (χ2v) is 4.39. The SMILES string of the molecule is C=C(C)OC(=O)N1CCNCC1c1ccccc1. The Morgan fingerprint density at radius 3 is 2.83 bits per heavy atom. The van der Waals surface area contributed by atoms with Crippen molar-refractivity contribution in [2.45, 2.75) is 13.0 Å². The van der Waals surface area contributed by atoms with Gasteiger partial charge in [-0.3, -0.25) is 4.90 Å². The maximum Gasteiger partial charge on any atom is 0.415 e. The third-order valence-electron chi connectivity index (χ3n) is 2.92. The highest BCUT2D eigenvalue weighted by Crippen LogP contribution is 2.23. The van der Waals surface area contributed by atoms with Gasteiger partial charge in [0.25, 0.3) is 0 Å². The minimum absolute atomic E-state index is 0.0202. The molecular formula is C14H18N2O2. The molecule has 18 heavy (non-hydrogen) atoms. The Morgan fingerprint density at radius 2 is 2.17 bits per heavy atom. The second kappa shape index (κ2) is 5.69. The molecule has 0 radical (unpaired) electrons. The zero-order valence-corrected chi connectivity index (χ0v) is 10.6. The average molecular weight is 246 g/mol. The van der Waals surface area contributed by atoms with Gasteiger partial charge >= 0.3 is 6.09 Å². The van der Waals surface area contributed by atoms with Crippen LogP contribution in [0.4, 0.5) is 4.79 Å². The number of nitrogens with one attached hydrogen (secondary N) is 1. The first-order valence-electron chi connectivity index (χ1n) is 6.08. The lowest BCUT2D eigenvalue weighted by Crippen LogP contribution is -2.48. The van der Waals surface area contributed by atoms with Crippen molar-refractivity contribution < 1.29 is 9.53 Å².